The Hall–Kier alpha value is -2.02. The molecule has 8 heteroatoms. The Morgan fingerprint density at radius 2 is 1.63 bits per heavy atom. The maximum Gasteiger partial charge on any atom is 0.333 e. The molecule has 1 atom stereocenters. The van der Waals surface area contributed by atoms with E-state index < -0.39 is 8.60 Å². The highest BCUT2D eigenvalue weighted by atomic mass is 31.2. The Kier molecular flexibility index (Phi) is 15.4. The van der Waals surface area contributed by atoms with Crippen LogP contribution in [0.4, 0.5) is 0 Å². The Balaban J connectivity index is 2.62. The van der Waals surface area contributed by atoms with Gasteiger partial charge in [0, 0.05) is 6.42 Å². The third kappa shape index (κ3) is 12.5. The highest BCUT2D eigenvalue weighted by molar-refractivity contribution is 7.41. The monoisotopic (exact) mass is 433 g/mol. The first kappa shape index (κ1) is 26.0. The Morgan fingerprint density at radius 1 is 1.00 bits per heavy atom. The van der Waals surface area contributed by atoms with E-state index in [1.54, 1.807) is 0 Å². The zero-order valence-electron chi connectivity index (χ0n) is 17.7. The number of rotatable bonds is 17. The average Bonchev–Trinajstić information content (AvgIpc) is 2.76. The summed E-state index contributed by atoms with van der Waals surface area (Å²) < 4.78 is 16.8. The van der Waals surface area contributed by atoms with Crippen LogP contribution in [0.5, 0.6) is 0 Å². The van der Waals surface area contributed by atoms with Crippen LogP contribution in [0.25, 0.3) is 9.69 Å². The summed E-state index contributed by atoms with van der Waals surface area (Å²) in [6.45, 7) is 16.9. The third-order valence-corrected chi connectivity index (χ3v) is 5.34. The molecule has 0 spiro atoms. The maximum atomic E-state index is 12.4. The van der Waals surface area contributed by atoms with Gasteiger partial charge >= 0.3 is 8.60 Å². The molecule has 0 radical (unpaired) electrons. The second-order valence-electron chi connectivity index (χ2n) is 6.64. The van der Waals surface area contributed by atoms with E-state index in [1.165, 1.54) is 12.8 Å². The number of hydrogen-bond acceptors (Lipinski definition) is 4. The second-order valence-corrected chi connectivity index (χ2v) is 7.87. The van der Waals surface area contributed by atoms with E-state index in [0.717, 1.165) is 24.8 Å². The fraction of sp³-hybridized carbons (Fsp3) is 0.591. The quantitative estimate of drug-likeness (QED) is 0.205. The number of benzene rings is 1. The van der Waals surface area contributed by atoms with Gasteiger partial charge in [-0.3, -0.25) is 4.79 Å². The Bertz CT molecular complexity index is 641. The summed E-state index contributed by atoms with van der Waals surface area (Å²) in [5.41, 5.74) is 0.939. The number of hydrogen-bond donors (Lipinski definition) is 1. The smallest absolute Gasteiger partial charge is 0.333 e. The van der Waals surface area contributed by atoms with Gasteiger partial charge in [0.25, 0.3) is 0 Å². The highest BCUT2D eigenvalue weighted by Crippen LogP contribution is 2.40. The molecule has 1 N–H and O–H groups in total. The fourth-order valence-electron chi connectivity index (χ4n) is 2.63. The van der Waals surface area contributed by atoms with Crippen LogP contribution < -0.4 is 5.32 Å². The zero-order valence-corrected chi connectivity index (χ0v) is 18.6. The van der Waals surface area contributed by atoms with Crippen LogP contribution in [0.2, 0.25) is 0 Å². The SMILES string of the molecule is [C-]#[N+]CCOP(OCC[N+]#[C-])OC[C@H](NC(=O)CCCCCCC)c1ccccc1. The van der Waals surface area contributed by atoms with Gasteiger partial charge in [-0.05, 0) is 12.0 Å². The van der Waals surface area contributed by atoms with Crippen LogP contribution in [-0.4, -0.2) is 38.8 Å². The van der Waals surface area contributed by atoms with E-state index in [9.17, 15) is 4.79 Å². The molecule has 0 saturated carbocycles. The van der Waals surface area contributed by atoms with Crippen molar-refractivity contribution in [1.82, 2.24) is 5.32 Å². The molecule has 1 aromatic rings. The topological polar surface area (TPSA) is 65.5 Å². The highest BCUT2D eigenvalue weighted by Gasteiger charge is 2.20. The molecule has 7 nitrogen and oxygen atoms in total. The normalized spacial score (nSPS) is 11.6. The molecule has 1 amide bonds. The zero-order chi connectivity index (χ0) is 21.9. The molecular formula is C22H32N3O4P. The molecule has 0 aliphatic rings. The molecule has 0 bridgehead atoms. The van der Waals surface area contributed by atoms with Gasteiger partial charge in [0.2, 0.25) is 19.0 Å². The first-order chi connectivity index (χ1) is 14.7. The number of carbonyl (C=O) groups is 1. The first-order valence-electron chi connectivity index (χ1n) is 10.4. The van der Waals surface area contributed by atoms with Crippen molar-refractivity contribution in [2.24, 2.45) is 0 Å². The van der Waals surface area contributed by atoms with Crippen molar-refractivity contribution in [3.8, 4) is 0 Å². The summed E-state index contributed by atoms with van der Waals surface area (Å²) in [7, 11) is -1.69. The Morgan fingerprint density at radius 3 is 2.23 bits per heavy atom. The minimum Gasteiger partial charge on any atom is -0.347 e. The van der Waals surface area contributed by atoms with Crippen molar-refractivity contribution >= 4 is 14.5 Å². The average molecular weight is 433 g/mol. The summed E-state index contributed by atoms with van der Waals surface area (Å²) in [6, 6.07) is 9.31. The van der Waals surface area contributed by atoms with Gasteiger partial charge in [0.05, 0.1) is 12.6 Å². The van der Waals surface area contributed by atoms with E-state index in [-0.39, 0.29) is 44.9 Å². The van der Waals surface area contributed by atoms with Gasteiger partial charge in [-0.2, -0.15) is 0 Å². The maximum absolute atomic E-state index is 12.4. The third-order valence-electron chi connectivity index (χ3n) is 4.19. The van der Waals surface area contributed by atoms with Crippen molar-refractivity contribution in [2.45, 2.75) is 51.5 Å². The van der Waals surface area contributed by atoms with Crippen molar-refractivity contribution in [3.05, 3.63) is 58.7 Å². The van der Waals surface area contributed by atoms with Crippen LogP contribution in [0.1, 0.15) is 57.1 Å². The lowest BCUT2D eigenvalue weighted by molar-refractivity contribution is -0.122. The first-order valence-corrected chi connectivity index (χ1v) is 11.5. The molecule has 1 aromatic carbocycles. The number of nitrogens with one attached hydrogen (secondary N) is 1. The van der Waals surface area contributed by atoms with E-state index in [2.05, 4.69) is 21.9 Å². The van der Waals surface area contributed by atoms with Gasteiger partial charge in [0.15, 0.2) is 0 Å². The van der Waals surface area contributed by atoms with Gasteiger partial charge < -0.3 is 28.6 Å². The predicted octanol–water partition coefficient (Wildman–Crippen LogP) is 5.32. The number of carbonyl (C=O) groups excluding carboxylic acids is 1. The Labute approximate surface area is 181 Å². The molecule has 0 aromatic heterocycles. The summed E-state index contributed by atoms with van der Waals surface area (Å²) >= 11 is 0. The standard InChI is InChI=1S/C22H32N3O4P/c1-4-5-6-7-11-14-22(26)25-21(20-12-9-8-10-13-20)19-29-30(27-17-15-23-2)28-18-16-24-3/h8-10,12-13,21H,4-7,11,14-19H2,1H3,(H,25,26)/t21-/m0/s1. The van der Waals surface area contributed by atoms with E-state index in [0.29, 0.717) is 6.42 Å². The molecule has 30 heavy (non-hydrogen) atoms. The number of nitrogens with zero attached hydrogens (tertiary/aromatic N) is 2. The molecule has 0 fully saturated rings. The summed E-state index contributed by atoms with van der Waals surface area (Å²) in [5.74, 6) is -0.00358. The van der Waals surface area contributed by atoms with E-state index in [4.69, 9.17) is 26.7 Å². The molecule has 164 valence electrons. The van der Waals surface area contributed by atoms with Crippen LogP contribution in [0.15, 0.2) is 30.3 Å². The molecule has 1 rings (SSSR count). The van der Waals surface area contributed by atoms with Gasteiger partial charge in [-0.1, -0.05) is 62.9 Å². The van der Waals surface area contributed by atoms with Crippen molar-refractivity contribution in [1.29, 1.82) is 0 Å². The van der Waals surface area contributed by atoms with E-state index >= 15 is 0 Å². The second kappa shape index (κ2) is 17.8. The molecule has 0 heterocycles. The molecule has 0 unspecified atom stereocenters. The van der Waals surface area contributed by atoms with Crippen molar-refractivity contribution in [3.63, 3.8) is 0 Å². The number of amides is 1. The fourth-order valence-corrected chi connectivity index (χ4v) is 3.59. The number of unbranched alkanes of at least 4 members (excludes halogenated alkanes) is 4. The largest absolute Gasteiger partial charge is 0.347 e. The lowest BCUT2D eigenvalue weighted by Crippen LogP contribution is -2.31. The summed E-state index contributed by atoms with van der Waals surface area (Å²) in [4.78, 5) is 18.9. The van der Waals surface area contributed by atoms with Crippen LogP contribution in [0, 0.1) is 13.1 Å². The lowest BCUT2D eigenvalue weighted by atomic mass is 10.1. The minimum absolute atomic E-state index is 0.00358. The van der Waals surface area contributed by atoms with Gasteiger partial charge in [-0.15, -0.1) is 0 Å². The van der Waals surface area contributed by atoms with E-state index in [1.807, 2.05) is 30.3 Å². The molecule has 0 aliphatic heterocycles. The lowest BCUT2D eigenvalue weighted by Gasteiger charge is -2.22. The summed E-state index contributed by atoms with van der Waals surface area (Å²) in [5, 5.41) is 3.05. The van der Waals surface area contributed by atoms with Gasteiger partial charge in [0.1, 0.15) is 13.2 Å². The van der Waals surface area contributed by atoms with Crippen molar-refractivity contribution < 1.29 is 18.4 Å². The summed E-state index contributed by atoms with van der Waals surface area (Å²) in [6.07, 6.45) is 5.96. The minimum atomic E-state index is -1.69. The van der Waals surface area contributed by atoms with Crippen molar-refractivity contribution in [2.75, 3.05) is 32.9 Å². The van der Waals surface area contributed by atoms with Crippen LogP contribution in [-0.2, 0) is 18.4 Å². The van der Waals surface area contributed by atoms with Crippen LogP contribution >= 0.6 is 8.60 Å². The molecule has 0 saturated heterocycles. The molecule has 0 aliphatic carbocycles. The van der Waals surface area contributed by atoms with Crippen LogP contribution in [0.3, 0.4) is 0 Å². The predicted molar refractivity (Wildman–Crippen MR) is 118 cm³/mol. The molecular weight excluding hydrogens is 401 g/mol. The van der Waals surface area contributed by atoms with Gasteiger partial charge in [-0.25, -0.2) is 13.1 Å².